The number of nitrogens with zero attached hydrogens (tertiary/aromatic N) is 1. The molecule has 0 saturated carbocycles. The molecule has 0 aromatic heterocycles. The molecule has 1 saturated heterocycles. The van der Waals surface area contributed by atoms with Crippen LogP contribution in [-0.2, 0) is 13.8 Å². The minimum absolute atomic E-state index is 0.144. The van der Waals surface area contributed by atoms with Crippen LogP contribution in [0.15, 0.2) is 23.1 Å². The van der Waals surface area contributed by atoms with Crippen molar-refractivity contribution in [2.75, 3.05) is 32.9 Å². The number of halogens is 1. The quantitative estimate of drug-likeness (QED) is 0.780. The highest BCUT2D eigenvalue weighted by atomic mass is 35.7. The molecule has 1 aliphatic heterocycles. The molecule has 0 atom stereocenters. The third-order valence-corrected chi connectivity index (χ3v) is 4.39. The van der Waals surface area contributed by atoms with E-state index in [0.29, 0.717) is 32.9 Å². The van der Waals surface area contributed by atoms with Gasteiger partial charge in [-0.3, -0.25) is 4.79 Å². The zero-order chi connectivity index (χ0) is 15.5. The van der Waals surface area contributed by atoms with Crippen LogP contribution in [0.5, 0.6) is 5.75 Å². The summed E-state index contributed by atoms with van der Waals surface area (Å²) < 4.78 is 33.7. The molecule has 1 heterocycles. The number of hydrogen-bond acceptors (Lipinski definition) is 5. The molecule has 21 heavy (non-hydrogen) atoms. The van der Waals surface area contributed by atoms with Crippen LogP contribution in [0.4, 0.5) is 0 Å². The van der Waals surface area contributed by atoms with Crippen molar-refractivity contribution < 1.29 is 22.7 Å². The zero-order valence-corrected chi connectivity index (χ0v) is 13.1. The Morgan fingerprint density at radius 1 is 1.38 bits per heavy atom. The van der Waals surface area contributed by atoms with Gasteiger partial charge in [0.05, 0.1) is 19.8 Å². The van der Waals surface area contributed by atoms with Crippen molar-refractivity contribution in [3.63, 3.8) is 0 Å². The van der Waals surface area contributed by atoms with Crippen LogP contribution in [0.25, 0.3) is 0 Å². The summed E-state index contributed by atoms with van der Waals surface area (Å²) in [5.74, 6) is -0.103. The fourth-order valence-electron chi connectivity index (χ4n) is 2.06. The summed E-state index contributed by atoms with van der Waals surface area (Å²) in [6, 6.07) is 4.24. The SMILES string of the molecule is CCOc1ccc(C(=O)N2CCOCC2)cc1S(=O)(=O)Cl. The topological polar surface area (TPSA) is 72.9 Å². The molecule has 116 valence electrons. The highest BCUT2D eigenvalue weighted by Crippen LogP contribution is 2.28. The third-order valence-electron chi connectivity index (χ3n) is 3.05. The molecular weight excluding hydrogens is 318 g/mol. The zero-order valence-electron chi connectivity index (χ0n) is 11.5. The number of ether oxygens (including phenoxy) is 2. The van der Waals surface area contributed by atoms with Gasteiger partial charge in [0.2, 0.25) is 0 Å². The summed E-state index contributed by atoms with van der Waals surface area (Å²) in [5, 5.41) is 0. The van der Waals surface area contributed by atoms with E-state index in [9.17, 15) is 13.2 Å². The van der Waals surface area contributed by atoms with E-state index in [-0.39, 0.29) is 22.1 Å². The van der Waals surface area contributed by atoms with Crippen LogP contribution < -0.4 is 4.74 Å². The van der Waals surface area contributed by atoms with Crippen LogP contribution >= 0.6 is 10.7 Å². The van der Waals surface area contributed by atoms with Crippen LogP contribution in [0.1, 0.15) is 17.3 Å². The van der Waals surface area contributed by atoms with Gasteiger partial charge in [-0.05, 0) is 25.1 Å². The van der Waals surface area contributed by atoms with E-state index in [1.54, 1.807) is 11.8 Å². The van der Waals surface area contributed by atoms with Crippen LogP contribution in [-0.4, -0.2) is 52.1 Å². The van der Waals surface area contributed by atoms with Crippen LogP contribution in [0.3, 0.4) is 0 Å². The number of morpholine rings is 1. The number of rotatable bonds is 4. The summed E-state index contributed by atoms with van der Waals surface area (Å²) in [4.78, 5) is 13.8. The lowest BCUT2D eigenvalue weighted by Crippen LogP contribution is -2.40. The van der Waals surface area contributed by atoms with Gasteiger partial charge in [0.1, 0.15) is 10.6 Å². The van der Waals surface area contributed by atoms with Gasteiger partial charge in [0.25, 0.3) is 15.0 Å². The van der Waals surface area contributed by atoms with Crippen molar-refractivity contribution >= 4 is 25.6 Å². The van der Waals surface area contributed by atoms with Crippen molar-refractivity contribution in [1.82, 2.24) is 4.90 Å². The number of carbonyl (C=O) groups excluding carboxylic acids is 1. The second-order valence-electron chi connectivity index (χ2n) is 4.44. The predicted molar refractivity (Wildman–Crippen MR) is 77.4 cm³/mol. The summed E-state index contributed by atoms with van der Waals surface area (Å²) in [5.41, 5.74) is 0.263. The monoisotopic (exact) mass is 333 g/mol. The molecule has 0 spiro atoms. The molecule has 1 fully saturated rings. The standard InChI is InChI=1S/C13H16ClNO5S/c1-2-20-11-4-3-10(9-12(11)21(14,17)18)13(16)15-5-7-19-8-6-15/h3-4,9H,2,5-8H2,1H3. The first-order chi connectivity index (χ1) is 9.93. The Labute approximate surface area is 128 Å². The summed E-state index contributed by atoms with van der Waals surface area (Å²) >= 11 is 0. The first kappa shape index (κ1) is 16.1. The highest BCUT2D eigenvalue weighted by molar-refractivity contribution is 8.13. The third kappa shape index (κ3) is 3.87. The van der Waals surface area contributed by atoms with E-state index in [1.165, 1.54) is 18.2 Å². The predicted octanol–water partition coefficient (Wildman–Crippen LogP) is 1.49. The molecule has 1 aliphatic rings. The molecule has 0 N–H and O–H groups in total. The molecule has 1 amide bonds. The first-order valence-electron chi connectivity index (χ1n) is 6.52. The first-order valence-corrected chi connectivity index (χ1v) is 8.83. The fourth-order valence-corrected chi connectivity index (χ4v) is 3.05. The Balaban J connectivity index is 2.34. The smallest absolute Gasteiger partial charge is 0.265 e. The lowest BCUT2D eigenvalue weighted by atomic mass is 10.2. The van der Waals surface area contributed by atoms with E-state index in [4.69, 9.17) is 20.2 Å². The number of carbonyl (C=O) groups is 1. The Bertz CT molecular complexity index is 625. The molecule has 8 heteroatoms. The molecule has 0 radical (unpaired) electrons. The lowest BCUT2D eigenvalue weighted by Gasteiger charge is -2.27. The minimum atomic E-state index is -3.99. The second kappa shape index (κ2) is 6.64. The van der Waals surface area contributed by atoms with E-state index in [1.807, 2.05) is 0 Å². The van der Waals surface area contributed by atoms with E-state index in [0.717, 1.165) is 0 Å². The van der Waals surface area contributed by atoms with Crippen molar-refractivity contribution in [3.8, 4) is 5.75 Å². The maximum atomic E-state index is 12.3. The van der Waals surface area contributed by atoms with Crippen molar-refractivity contribution in [2.24, 2.45) is 0 Å². The number of benzene rings is 1. The molecule has 6 nitrogen and oxygen atoms in total. The summed E-state index contributed by atoms with van der Waals surface area (Å²) in [7, 11) is 1.42. The van der Waals surface area contributed by atoms with E-state index >= 15 is 0 Å². The van der Waals surface area contributed by atoms with Gasteiger partial charge in [0, 0.05) is 29.3 Å². The van der Waals surface area contributed by atoms with Crippen LogP contribution in [0.2, 0.25) is 0 Å². The average Bonchev–Trinajstić information content (AvgIpc) is 2.47. The molecular formula is C13H16ClNO5S. The van der Waals surface area contributed by atoms with Gasteiger partial charge < -0.3 is 14.4 Å². The number of amides is 1. The molecule has 0 aliphatic carbocycles. The minimum Gasteiger partial charge on any atom is -0.492 e. The van der Waals surface area contributed by atoms with Crippen molar-refractivity contribution in [1.29, 1.82) is 0 Å². The molecule has 0 unspecified atom stereocenters. The maximum Gasteiger partial charge on any atom is 0.265 e. The van der Waals surface area contributed by atoms with Crippen LogP contribution in [0, 0.1) is 0 Å². The molecule has 2 rings (SSSR count). The Morgan fingerprint density at radius 3 is 2.62 bits per heavy atom. The molecule has 1 aromatic carbocycles. The highest BCUT2D eigenvalue weighted by Gasteiger charge is 2.23. The number of hydrogen-bond donors (Lipinski definition) is 0. The Morgan fingerprint density at radius 2 is 2.05 bits per heavy atom. The summed E-state index contributed by atoms with van der Waals surface area (Å²) in [6.07, 6.45) is 0. The normalized spacial score (nSPS) is 15.8. The maximum absolute atomic E-state index is 12.3. The van der Waals surface area contributed by atoms with Gasteiger partial charge in [-0.15, -0.1) is 0 Å². The second-order valence-corrected chi connectivity index (χ2v) is 6.97. The fraction of sp³-hybridized carbons (Fsp3) is 0.462. The van der Waals surface area contributed by atoms with E-state index in [2.05, 4.69) is 0 Å². The summed E-state index contributed by atoms with van der Waals surface area (Å²) in [6.45, 7) is 3.95. The van der Waals surface area contributed by atoms with Crippen molar-refractivity contribution in [3.05, 3.63) is 23.8 Å². The van der Waals surface area contributed by atoms with Gasteiger partial charge in [-0.2, -0.15) is 0 Å². The Kier molecular flexibility index (Phi) is 5.08. The Hall–Kier alpha value is -1.31. The largest absolute Gasteiger partial charge is 0.492 e. The molecule has 1 aromatic rings. The van der Waals surface area contributed by atoms with Gasteiger partial charge in [-0.1, -0.05) is 0 Å². The van der Waals surface area contributed by atoms with Crippen molar-refractivity contribution in [2.45, 2.75) is 11.8 Å². The van der Waals surface area contributed by atoms with Gasteiger partial charge in [-0.25, -0.2) is 8.42 Å². The van der Waals surface area contributed by atoms with Gasteiger partial charge >= 0.3 is 0 Å². The van der Waals surface area contributed by atoms with E-state index < -0.39 is 9.05 Å². The average molecular weight is 334 g/mol. The molecule has 0 bridgehead atoms. The lowest BCUT2D eigenvalue weighted by molar-refractivity contribution is 0.0302. The van der Waals surface area contributed by atoms with Gasteiger partial charge in [0.15, 0.2) is 0 Å².